The largest absolute Gasteiger partial charge is 0.385 e. The van der Waals surface area contributed by atoms with Crippen LogP contribution in [0.3, 0.4) is 0 Å². The molecule has 2 rings (SSSR count). The van der Waals surface area contributed by atoms with Gasteiger partial charge in [0.05, 0.1) is 0 Å². The third kappa shape index (κ3) is 7.12. The van der Waals surface area contributed by atoms with Gasteiger partial charge >= 0.3 is 0 Å². The van der Waals surface area contributed by atoms with E-state index < -0.39 is 5.41 Å². The van der Waals surface area contributed by atoms with Crippen molar-refractivity contribution in [3.63, 3.8) is 0 Å². The summed E-state index contributed by atoms with van der Waals surface area (Å²) in [5.41, 5.74) is 7.19. The first-order chi connectivity index (χ1) is 13.6. The number of anilines is 1. The van der Waals surface area contributed by atoms with E-state index in [4.69, 9.17) is 17.5 Å². The maximum atomic E-state index is 12.4. The molecule has 1 aliphatic carbocycles. The van der Waals surface area contributed by atoms with Crippen molar-refractivity contribution in [1.82, 2.24) is 0 Å². The number of nitrogens with two attached hydrogens (primary N) is 1. The highest BCUT2D eigenvalue weighted by Crippen LogP contribution is 2.47. The first-order valence-electron chi connectivity index (χ1n) is 11.0. The van der Waals surface area contributed by atoms with E-state index >= 15 is 0 Å². The standard InChI is InChI=1S/C23H36ClN3O/c1-2-3-4-5-6-7-8-9-10-11-12-19-13-15-20(16-14-19)26-22(28)23(17-18-23)21(25)27-24/h13-16H,2-12,17-18H2,1H3,(H2,25,27)(H,26,28). The zero-order valence-electron chi connectivity index (χ0n) is 17.3. The topological polar surface area (TPSA) is 67.5 Å². The Balaban J connectivity index is 1.59. The van der Waals surface area contributed by atoms with Crippen LogP contribution in [0.1, 0.15) is 89.5 Å². The average Bonchev–Trinajstić information content (AvgIpc) is 3.52. The second-order valence-corrected chi connectivity index (χ2v) is 8.30. The van der Waals surface area contributed by atoms with Gasteiger partial charge in [0.15, 0.2) is 0 Å². The van der Waals surface area contributed by atoms with Gasteiger partial charge in [0.1, 0.15) is 11.3 Å². The summed E-state index contributed by atoms with van der Waals surface area (Å²) in [4.78, 5) is 12.4. The van der Waals surface area contributed by atoms with Gasteiger partial charge in [-0.05, 0) is 43.4 Å². The fourth-order valence-electron chi connectivity index (χ4n) is 3.63. The molecule has 4 nitrogen and oxygen atoms in total. The minimum absolute atomic E-state index is 0.114. The molecule has 0 radical (unpaired) electrons. The lowest BCUT2D eigenvalue weighted by Crippen LogP contribution is -2.36. The molecule has 156 valence electrons. The van der Waals surface area contributed by atoms with E-state index in [9.17, 15) is 4.79 Å². The predicted molar refractivity (Wildman–Crippen MR) is 120 cm³/mol. The number of unbranched alkanes of at least 4 members (excludes halogenated alkanes) is 9. The number of nitrogens with zero attached hydrogens (tertiary/aromatic N) is 1. The third-order valence-corrected chi connectivity index (χ3v) is 5.98. The molecule has 0 atom stereocenters. The van der Waals surface area contributed by atoms with Crippen LogP contribution in [0, 0.1) is 5.41 Å². The van der Waals surface area contributed by atoms with Crippen molar-refractivity contribution in [2.75, 3.05) is 5.32 Å². The van der Waals surface area contributed by atoms with Gasteiger partial charge in [-0.2, -0.15) is 4.51 Å². The summed E-state index contributed by atoms with van der Waals surface area (Å²) in [6.07, 6.45) is 16.1. The molecule has 0 heterocycles. The van der Waals surface area contributed by atoms with E-state index in [1.54, 1.807) is 0 Å². The Hall–Kier alpha value is -1.55. The van der Waals surface area contributed by atoms with Gasteiger partial charge in [0, 0.05) is 17.5 Å². The van der Waals surface area contributed by atoms with Gasteiger partial charge < -0.3 is 11.1 Å². The number of carbonyl (C=O) groups is 1. The van der Waals surface area contributed by atoms with Crippen LogP contribution in [0.15, 0.2) is 28.8 Å². The molecule has 1 amide bonds. The van der Waals surface area contributed by atoms with Crippen LogP contribution in [-0.2, 0) is 11.2 Å². The Bertz CT molecular complexity index is 623. The summed E-state index contributed by atoms with van der Waals surface area (Å²) in [5.74, 6) is 0.0982. The van der Waals surface area contributed by atoms with Gasteiger partial charge in [0.25, 0.3) is 0 Å². The molecule has 0 bridgehead atoms. The molecule has 3 N–H and O–H groups in total. The second-order valence-electron chi connectivity index (χ2n) is 8.13. The SMILES string of the molecule is CCCCCCCCCCCCc1ccc(NC(=O)C2(/C(N)=N/Cl)CC2)cc1. The highest BCUT2D eigenvalue weighted by atomic mass is 35.5. The van der Waals surface area contributed by atoms with Crippen molar-refractivity contribution in [3.8, 4) is 0 Å². The molecule has 28 heavy (non-hydrogen) atoms. The first-order valence-corrected chi connectivity index (χ1v) is 11.3. The van der Waals surface area contributed by atoms with E-state index in [-0.39, 0.29) is 11.7 Å². The molecular formula is C23H36ClN3O. The van der Waals surface area contributed by atoms with Crippen molar-refractivity contribution in [2.24, 2.45) is 15.7 Å². The Morgan fingerprint density at radius 2 is 1.54 bits per heavy atom. The number of rotatable bonds is 14. The van der Waals surface area contributed by atoms with E-state index in [2.05, 4.69) is 28.9 Å². The number of amides is 1. The first kappa shape index (κ1) is 22.7. The minimum Gasteiger partial charge on any atom is -0.385 e. The Morgan fingerprint density at radius 1 is 1.00 bits per heavy atom. The minimum atomic E-state index is -0.698. The van der Waals surface area contributed by atoms with Crippen molar-refractivity contribution < 1.29 is 4.79 Å². The summed E-state index contributed by atoms with van der Waals surface area (Å²) >= 11 is 5.44. The molecule has 1 saturated carbocycles. The molecular weight excluding hydrogens is 370 g/mol. The lowest BCUT2D eigenvalue weighted by atomic mass is 10.0. The number of hydrogen-bond acceptors (Lipinski definition) is 2. The summed E-state index contributed by atoms with van der Waals surface area (Å²) in [5, 5.41) is 2.94. The van der Waals surface area contributed by atoms with E-state index in [1.807, 2.05) is 12.1 Å². The number of aryl methyl sites for hydroxylation is 1. The average molecular weight is 406 g/mol. The number of amidine groups is 1. The monoisotopic (exact) mass is 405 g/mol. The summed E-state index contributed by atoms with van der Waals surface area (Å²) in [7, 11) is 0. The van der Waals surface area contributed by atoms with Gasteiger partial charge in [-0.3, -0.25) is 4.79 Å². The molecule has 0 aromatic heterocycles. The van der Waals surface area contributed by atoms with Crippen LogP contribution in [-0.4, -0.2) is 11.7 Å². The number of benzene rings is 1. The highest BCUT2D eigenvalue weighted by Gasteiger charge is 2.53. The highest BCUT2D eigenvalue weighted by molar-refractivity contribution is 6.24. The molecule has 1 aromatic rings. The predicted octanol–water partition coefficient (Wildman–Crippen LogP) is 6.38. The fourth-order valence-corrected chi connectivity index (χ4v) is 3.79. The fraction of sp³-hybridized carbons (Fsp3) is 0.652. The van der Waals surface area contributed by atoms with Crippen LogP contribution < -0.4 is 11.1 Å². The maximum Gasteiger partial charge on any atom is 0.238 e. The second kappa shape index (κ2) is 12.1. The molecule has 0 aliphatic heterocycles. The summed E-state index contributed by atoms with van der Waals surface area (Å²) < 4.78 is 3.48. The van der Waals surface area contributed by atoms with Crippen molar-refractivity contribution >= 4 is 29.2 Å². The lowest BCUT2D eigenvalue weighted by Gasteiger charge is -2.14. The van der Waals surface area contributed by atoms with Crippen molar-refractivity contribution in [1.29, 1.82) is 0 Å². The van der Waals surface area contributed by atoms with Crippen molar-refractivity contribution in [2.45, 2.75) is 90.4 Å². The number of nitrogens with one attached hydrogen (secondary N) is 1. The van der Waals surface area contributed by atoms with E-state index in [1.165, 1.54) is 69.8 Å². The van der Waals surface area contributed by atoms with Crippen LogP contribution in [0.5, 0.6) is 0 Å². The molecule has 5 heteroatoms. The Labute approximate surface area is 175 Å². The molecule has 0 saturated heterocycles. The van der Waals surface area contributed by atoms with Gasteiger partial charge in [-0.15, -0.1) is 0 Å². The number of carbonyl (C=O) groups excluding carboxylic acids is 1. The van der Waals surface area contributed by atoms with E-state index in [0.29, 0.717) is 12.8 Å². The number of halogens is 1. The normalized spacial score (nSPS) is 15.4. The molecule has 1 aliphatic rings. The van der Waals surface area contributed by atoms with Crippen LogP contribution >= 0.6 is 11.8 Å². The van der Waals surface area contributed by atoms with Gasteiger partial charge in [-0.25, -0.2) is 0 Å². The molecule has 1 aromatic carbocycles. The number of hydrogen-bond donors (Lipinski definition) is 2. The van der Waals surface area contributed by atoms with Crippen LogP contribution in [0.2, 0.25) is 0 Å². The Morgan fingerprint density at radius 3 is 2.04 bits per heavy atom. The lowest BCUT2D eigenvalue weighted by molar-refractivity contribution is -0.119. The third-order valence-electron chi connectivity index (χ3n) is 5.80. The Kier molecular flexibility index (Phi) is 9.83. The summed E-state index contributed by atoms with van der Waals surface area (Å²) in [6.45, 7) is 2.27. The van der Waals surface area contributed by atoms with Crippen molar-refractivity contribution in [3.05, 3.63) is 29.8 Å². The molecule has 0 spiro atoms. The van der Waals surface area contributed by atoms with Gasteiger partial charge in [-0.1, -0.05) is 76.8 Å². The van der Waals surface area contributed by atoms with E-state index in [0.717, 1.165) is 12.1 Å². The van der Waals surface area contributed by atoms with Crippen LogP contribution in [0.25, 0.3) is 0 Å². The zero-order valence-corrected chi connectivity index (χ0v) is 18.1. The molecule has 0 unspecified atom stereocenters. The smallest absolute Gasteiger partial charge is 0.238 e. The quantitative estimate of drug-likeness (QED) is 0.214. The molecule has 1 fully saturated rings. The summed E-state index contributed by atoms with van der Waals surface area (Å²) in [6, 6.07) is 8.13. The zero-order chi connectivity index (χ0) is 20.2. The maximum absolute atomic E-state index is 12.4. The van der Waals surface area contributed by atoms with Gasteiger partial charge in [0.2, 0.25) is 5.91 Å². The van der Waals surface area contributed by atoms with Crippen LogP contribution in [0.4, 0.5) is 5.69 Å².